The molecule has 1 heterocycles. The Morgan fingerprint density at radius 2 is 2.07 bits per heavy atom. The first kappa shape index (κ1) is 23.5. The van der Waals surface area contributed by atoms with Gasteiger partial charge < -0.3 is 15.3 Å². The number of carbonyl (C=O) groups excluding carboxylic acids is 1. The Bertz CT molecular complexity index is 732. The van der Waals surface area contributed by atoms with E-state index in [-0.39, 0.29) is 35.0 Å². The smallest absolute Gasteiger partial charge is 0.225 e. The lowest BCUT2D eigenvalue weighted by Gasteiger charge is -2.53. The molecule has 2 N–H and O–H groups in total. The minimum absolute atomic E-state index is 0.0287. The van der Waals surface area contributed by atoms with Gasteiger partial charge in [0.25, 0.3) is 0 Å². The summed E-state index contributed by atoms with van der Waals surface area (Å²) in [4.78, 5) is 21.2. The molecule has 2 aliphatic carbocycles. The van der Waals surface area contributed by atoms with Crippen LogP contribution in [0.4, 0.5) is 5.13 Å². The number of hydrogen-bond donors (Lipinski definition) is 2. The average molecular weight is 436 g/mol. The molecule has 0 aliphatic heterocycles. The minimum Gasteiger partial charge on any atom is -0.392 e. The van der Waals surface area contributed by atoms with Crippen molar-refractivity contribution >= 4 is 22.4 Å². The Balaban J connectivity index is 1.81. The maximum absolute atomic E-state index is 13.0. The highest BCUT2D eigenvalue weighted by Crippen LogP contribution is 2.57. The van der Waals surface area contributed by atoms with Crippen molar-refractivity contribution in [3.8, 4) is 0 Å². The Morgan fingerprint density at radius 1 is 1.37 bits per heavy atom. The third-order valence-electron chi connectivity index (χ3n) is 7.84. The third kappa shape index (κ3) is 4.27. The largest absolute Gasteiger partial charge is 0.392 e. The molecule has 6 heteroatoms. The molecule has 0 unspecified atom stereocenters. The van der Waals surface area contributed by atoms with E-state index >= 15 is 0 Å². The first-order chi connectivity index (χ1) is 14.3. The molecule has 2 aliphatic rings. The molecule has 0 radical (unpaired) electrons. The summed E-state index contributed by atoms with van der Waals surface area (Å²) in [6, 6.07) is 0. The summed E-state index contributed by atoms with van der Waals surface area (Å²) in [6.45, 7) is 15.3. The summed E-state index contributed by atoms with van der Waals surface area (Å²) in [5.74, 6) is 0.445. The van der Waals surface area contributed by atoms with E-state index in [0.717, 1.165) is 50.4 Å². The number of amides is 1. The Labute approximate surface area is 186 Å². The van der Waals surface area contributed by atoms with E-state index in [0.29, 0.717) is 0 Å². The van der Waals surface area contributed by atoms with Gasteiger partial charge >= 0.3 is 0 Å². The number of unbranched alkanes of at least 4 members (excludes halogenated alkanes) is 1. The zero-order valence-corrected chi connectivity index (χ0v) is 20.5. The molecule has 0 bridgehead atoms. The lowest BCUT2D eigenvalue weighted by molar-refractivity contribution is -0.144. The summed E-state index contributed by atoms with van der Waals surface area (Å²) in [7, 11) is 0. The number of anilines is 1. The van der Waals surface area contributed by atoms with E-state index in [4.69, 9.17) is 4.98 Å². The first-order valence-corrected chi connectivity index (χ1v) is 12.8. The van der Waals surface area contributed by atoms with Gasteiger partial charge in [0.05, 0.1) is 11.8 Å². The molecular formula is C24H41N3O2S. The molecule has 170 valence electrons. The lowest BCUT2D eigenvalue weighted by atomic mass is 9.53. The van der Waals surface area contributed by atoms with Crippen molar-refractivity contribution in [3.63, 3.8) is 0 Å². The maximum atomic E-state index is 13.0. The monoisotopic (exact) mass is 435 g/mol. The van der Waals surface area contributed by atoms with Crippen molar-refractivity contribution in [2.75, 3.05) is 25.0 Å². The third-order valence-corrected chi connectivity index (χ3v) is 8.86. The van der Waals surface area contributed by atoms with Crippen LogP contribution >= 0.6 is 11.3 Å². The molecule has 1 aromatic rings. The fourth-order valence-corrected chi connectivity index (χ4v) is 7.29. The molecule has 1 fully saturated rings. The van der Waals surface area contributed by atoms with Crippen LogP contribution in [0.5, 0.6) is 0 Å². The molecule has 0 spiro atoms. The molecule has 30 heavy (non-hydrogen) atoms. The normalized spacial score (nSPS) is 31.6. The van der Waals surface area contributed by atoms with Crippen molar-refractivity contribution in [1.29, 1.82) is 0 Å². The number of aliphatic hydroxyl groups is 1. The summed E-state index contributed by atoms with van der Waals surface area (Å²) in [5, 5.41) is 16.1. The zero-order chi connectivity index (χ0) is 22.1. The molecular weight excluding hydrogens is 394 g/mol. The average Bonchev–Trinajstić information content (AvgIpc) is 3.11. The number of aromatic nitrogens is 1. The standard InChI is InChI=1S/C24H41N3O2S/c1-7-10-13-25-23-26-20-16(5)19-21(28)17(15(4)22(29)27(8-2)9-3)11-12-24(19,6)14-18(20)30-23/h15-17,19,21,28H,7-14H2,1-6H3,(H,25,26)/t15-,16-,17-,19+,21-,24-/m0/s1. The van der Waals surface area contributed by atoms with Gasteiger partial charge in [0.2, 0.25) is 5.91 Å². The van der Waals surface area contributed by atoms with Gasteiger partial charge in [-0.25, -0.2) is 4.98 Å². The van der Waals surface area contributed by atoms with Crippen molar-refractivity contribution in [1.82, 2.24) is 9.88 Å². The van der Waals surface area contributed by atoms with Gasteiger partial charge in [-0.1, -0.05) is 34.1 Å². The Kier molecular flexibility index (Phi) is 7.49. The van der Waals surface area contributed by atoms with E-state index < -0.39 is 6.10 Å². The molecule has 6 atom stereocenters. The molecule has 1 saturated carbocycles. The van der Waals surface area contributed by atoms with Crippen LogP contribution < -0.4 is 5.32 Å². The van der Waals surface area contributed by atoms with E-state index in [9.17, 15) is 9.90 Å². The van der Waals surface area contributed by atoms with Crippen LogP contribution in [0.15, 0.2) is 0 Å². The van der Waals surface area contributed by atoms with Crippen LogP contribution in [0, 0.1) is 23.2 Å². The highest BCUT2D eigenvalue weighted by Gasteiger charge is 2.54. The van der Waals surface area contributed by atoms with Gasteiger partial charge in [-0.05, 0) is 56.8 Å². The van der Waals surface area contributed by atoms with Gasteiger partial charge in [-0.2, -0.15) is 0 Å². The van der Waals surface area contributed by atoms with Crippen LogP contribution in [-0.4, -0.2) is 46.6 Å². The fraction of sp³-hybridized carbons (Fsp3) is 0.833. The van der Waals surface area contributed by atoms with E-state index in [1.54, 1.807) is 11.3 Å². The summed E-state index contributed by atoms with van der Waals surface area (Å²) >= 11 is 1.80. The number of thiazole rings is 1. The van der Waals surface area contributed by atoms with Gasteiger partial charge in [-0.3, -0.25) is 4.79 Å². The van der Waals surface area contributed by atoms with Crippen molar-refractivity contribution in [3.05, 3.63) is 10.6 Å². The first-order valence-electron chi connectivity index (χ1n) is 12.0. The van der Waals surface area contributed by atoms with E-state index in [1.807, 2.05) is 25.7 Å². The molecule has 1 aromatic heterocycles. The zero-order valence-electron chi connectivity index (χ0n) is 19.7. The second kappa shape index (κ2) is 9.56. The molecule has 5 nitrogen and oxygen atoms in total. The fourth-order valence-electron chi connectivity index (χ4n) is 6.00. The maximum Gasteiger partial charge on any atom is 0.225 e. The van der Waals surface area contributed by atoms with Crippen LogP contribution in [0.25, 0.3) is 0 Å². The van der Waals surface area contributed by atoms with Crippen LogP contribution in [0.1, 0.15) is 83.7 Å². The predicted molar refractivity (Wildman–Crippen MR) is 125 cm³/mol. The number of aliphatic hydroxyl groups excluding tert-OH is 1. The summed E-state index contributed by atoms with van der Waals surface area (Å²) in [6.07, 6.45) is 4.85. The van der Waals surface area contributed by atoms with Gasteiger partial charge in [0, 0.05) is 36.3 Å². The minimum atomic E-state index is -0.459. The number of fused-ring (bicyclic) bond motifs is 2. The number of nitrogens with zero attached hydrogens (tertiary/aromatic N) is 2. The van der Waals surface area contributed by atoms with Crippen LogP contribution in [0.3, 0.4) is 0 Å². The van der Waals surface area contributed by atoms with Crippen molar-refractivity contribution in [2.24, 2.45) is 23.2 Å². The van der Waals surface area contributed by atoms with Gasteiger partial charge in [-0.15, -0.1) is 11.3 Å². The Morgan fingerprint density at radius 3 is 2.70 bits per heavy atom. The van der Waals surface area contributed by atoms with E-state index in [1.165, 1.54) is 17.0 Å². The second-order valence-corrected chi connectivity index (χ2v) is 10.8. The Hall–Kier alpha value is -1.14. The van der Waals surface area contributed by atoms with Crippen molar-refractivity contribution in [2.45, 2.75) is 85.7 Å². The van der Waals surface area contributed by atoms with Crippen molar-refractivity contribution < 1.29 is 9.90 Å². The lowest BCUT2D eigenvalue weighted by Crippen LogP contribution is -2.53. The summed E-state index contributed by atoms with van der Waals surface area (Å²) < 4.78 is 0. The topological polar surface area (TPSA) is 65.5 Å². The molecule has 3 rings (SSSR count). The molecule has 1 amide bonds. The SMILES string of the molecule is CCCCNc1nc2c(s1)C[C@]1(C)CC[C@@H]([C@H](C)C(=O)N(CC)CC)[C@H](O)[C@H]1[C@@H]2C. The molecule has 0 aromatic carbocycles. The van der Waals surface area contributed by atoms with Gasteiger partial charge in [0.1, 0.15) is 0 Å². The number of nitrogens with one attached hydrogen (secondary N) is 1. The predicted octanol–water partition coefficient (Wildman–Crippen LogP) is 4.91. The quantitative estimate of drug-likeness (QED) is 0.569. The highest BCUT2D eigenvalue weighted by molar-refractivity contribution is 7.15. The highest BCUT2D eigenvalue weighted by atomic mass is 32.1. The van der Waals surface area contributed by atoms with Gasteiger partial charge in [0.15, 0.2) is 5.13 Å². The van der Waals surface area contributed by atoms with Crippen LogP contribution in [0.2, 0.25) is 0 Å². The van der Waals surface area contributed by atoms with E-state index in [2.05, 4.69) is 26.1 Å². The number of hydrogen-bond acceptors (Lipinski definition) is 5. The molecule has 0 saturated heterocycles. The summed E-state index contributed by atoms with van der Waals surface area (Å²) in [5.41, 5.74) is 1.25. The second-order valence-electron chi connectivity index (χ2n) is 9.75. The number of carbonyl (C=O) groups is 1. The number of rotatable bonds is 8. The van der Waals surface area contributed by atoms with Crippen LogP contribution in [-0.2, 0) is 11.2 Å².